The van der Waals surface area contributed by atoms with E-state index in [0.717, 1.165) is 51.4 Å². The summed E-state index contributed by atoms with van der Waals surface area (Å²) < 4.78 is 0. The summed E-state index contributed by atoms with van der Waals surface area (Å²) in [7, 11) is 0. The van der Waals surface area contributed by atoms with Crippen molar-refractivity contribution in [2.24, 2.45) is 0 Å². The Labute approximate surface area is 468 Å². The molecule has 0 saturated heterocycles. The fraction of sp³-hybridized carbons (Fsp3) is 0.368. The molecule has 12 rings (SSSR count). The molecule has 0 saturated carbocycles. The van der Waals surface area contributed by atoms with E-state index >= 15 is 0 Å². The SMILES string of the molecule is CC.CC.CC.CC.CC.CC.CC.CC.CCc1ccc2c(c1)-c1ccccc1C2.CCc1ccc2c(c1)Cc1ccccc1-2.CCc1cccc2c1-c1ccccc1C2.CCc1cccc2c1Cc1ccccc1-2. The summed E-state index contributed by atoms with van der Waals surface area (Å²) >= 11 is 0. The number of benzene rings is 8. The first kappa shape index (κ1) is 67.8. The zero-order valence-corrected chi connectivity index (χ0v) is 51.8. The van der Waals surface area contributed by atoms with Gasteiger partial charge in [0.05, 0.1) is 0 Å². The van der Waals surface area contributed by atoms with Gasteiger partial charge in [0, 0.05) is 0 Å². The van der Waals surface area contributed by atoms with Gasteiger partial charge in [0.15, 0.2) is 0 Å². The maximum atomic E-state index is 2.36. The molecule has 0 radical (unpaired) electrons. The first-order chi connectivity index (χ1) is 37.6. The molecule has 0 heteroatoms. The Hall–Kier alpha value is -6.24. The minimum absolute atomic E-state index is 1.11. The molecule has 76 heavy (non-hydrogen) atoms. The van der Waals surface area contributed by atoms with Crippen molar-refractivity contribution < 1.29 is 0 Å². The molecule has 0 aliphatic heterocycles. The van der Waals surface area contributed by atoms with Gasteiger partial charge in [0.1, 0.15) is 0 Å². The molecule has 0 fully saturated rings. The maximum absolute atomic E-state index is 2.36. The third-order valence-corrected chi connectivity index (χ3v) is 13.2. The summed E-state index contributed by atoms with van der Waals surface area (Å²) in [5, 5.41) is 0. The van der Waals surface area contributed by atoms with Crippen LogP contribution in [0, 0.1) is 0 Å². The first-order valence-corrected chi connectivity index (χ1v) is 30.3. The highest BCUT2D eigenvalue weighted by Gasteiger charge is 2.21. The molecule has 0 N–H and O–H groups in total. The van der Waals surface area contributed by atoms with Crippen LogP contribution in [0.25, 0.3) is 44.5 Å². The van der Waals surface area contributed by atoms with Crippen molar-refractivity contribution in [2.45, 2.75) is 190 Å². The molecule has 8 aromatic rings. The Bertz CT molecular complexity index is 2800. The van der Waals surface area contributed by atoms with Crippen LogP contribution < -0.4 is 0 Å². The number of aryl methyl sites for hydroxylation is 4. The first-order valence-electron chi connectivity index (χ1n) is 30.3. The molecule has 0 atom stereocenters. The van der Waals surface area contributed by atoms with Crippen LogP contribution >= 0.6 is 0 Å². The highest BCUT2D eigenvalue weighted by molar-refractivity contribution is 5.81. The second kappa shape index (κ2) is 39.2. The molecular weight excluding hydrogens is 913 g/mol. The summed E-state index contributed by atoms with van der Waals surface area (Å²) in [6.07, 6.45) is 8.96. The summed E-state index contributed by atoms with van der Waals surface area (Å²) in [6, 6.07) is 62.1. The van der Waals surface area contributed by atoms with Gasteiger partial charge in [-0.25, -0.2) is 0 Å². The zero-order chi connectivity index (χ0) is 57.0. The Balaban J connectivity index is 0.000000465. The molecule has 0 aromatic heterocycles. The van der Waals surface area contributed by atoms with Crippen molar-refractivity contribution in [3.63, 3.8) is 0 Å². The smallest absolute Gasteiger partial charge is 0.00107 e. The van der Waals surface area contributed by atoms with Gasteiger partial charge in [-0.05, 0) is 163 Å². The molecule has 0 spiro atoms. The fourth-order valence-corrected chi connectivity index (χ4v) is 9.93. The second-order valence-corrected chi connectivity index (χ2v) is 16.6. The van der Waals surface area contributed by atoms with Gasteiger partial charge in [0.2, 0.25) is 0 Å². The van der Waals surface area contributed by atoms with E-state index in [-0.39, 0.29) is 0 Å². The van der Waals surface area contributed by atoms with Gasteiger partial charge >= 0.3 is 0 Å². The Morgan fingerprint density at radius 1 is 0.237 bits per heavy atom. The minimum Gasteiger partial charge on any atom is -0.0683 e. The van der Waals surface area contributed by atoms with E-state index in [2.05, 4.69) is 198 Å². The lowest BCUT2D eigenvalue weighted by molar-refractivity contribution is 1.08. The molecule has 0 amide bonds. The van der Waals surface area contributed by atoms with E-state index in [0.29, 0.717) is 0 Å². The topological polar surface area (TPSA) is 0 Å². The highest BCUT2D eigenvalue weighted by Crippen LogP contribution is 2.41. The van der Waals surface area contributed by atoms with Crippen LogP contribution in [-0.4, -0.2) is 0 Å². The summed E-state index contributed by atoms with van der Waals surface area (Å²) in [5.74, 6) is 0. The Morgan fingerprint density at radius 2 is 0.579 bits per heavy atom. The Kier molecular flexibility index (Phi) is 34.9. The van der Waals surface area contributed by atoms with Crippen LogP contribution in [0.5, 0.6) is 0 Å². The average Bonchev–Trinajstić information content (AvgIpc) is 4.32. The third kappa shape index (κ3) is 17.4. The van der Waals surface area contributed by atoms with Crippen LogP contribution in [0.1, 0.15) is 205 Å². The van der Waals surface area contributed by atoms with Gasteiger partial charge < -0.3 is 0 Å². The average molecular weight is 1020 g/mol. The summed E-state index contributed by atoms with van der Waals surface area (Å²) in [5.41, 5.74) is 29.4. The molecule has 0 unspecified atom stereocenters. The van der Waals surface area contributed by atoms with Crippen LogP contribution in [0.2, 0.25) is 0 Å². The van der Waals surface area contributed by atoms with Crippen molar-refractivity contribution >= 4 is 0 Å². The van der Waals surface area contributed by atoms with Crippen LogP contribution in [0.15, 0.2) is 170 Å². The monoisotopic (exact) mass is 1020 g/mol. The van der Waals surface area contributed by atoms with E-state index in [4.69, 9.17) is 0 Å². The summed E-state index contributed by atoms with van der Waals surface area (Å²) in [6.45, 7) is 40.9. The van der Waals surface area contributed by atoms with Gasteiger partial charge in [-0.3, -0.25) is 0 Å². The lowest BCUT2D eigenvalue weighted by Crippen LogP contribution is -1.89. The van der Waals surface area contributed by atoms with E-state index in [1.807, 2.05) is 111 Å². The van der Waals surface area contributed by atoms with Gasteiger partial charge in [0.25, 0.3) is 0 Å². The summed E-state index contributed by atoms with van der Waals surface area (Å²) in [4.78, 5) is 0. The molecular formula is C76H104. The van der Waals surface area contributed by atoms with E-state index < -0.39 is 0 Å². The lowest BCUT2D eigenvalue weighted by Gasteiger charge is -2.06. The van der Waals surface area contributed by atoms with Gasteiger partial charge in [-0.1, -0.05) is 308 Å². The highest BCUT2D eigenvalue weighted by atomic mass is 14.3. The van der Waals surface area contributed by atoms with Gasteiger partial charge in [-0.2, -0.15) is 0 Å². The Morgan fingerprint density at radius 3 is 1.11 bits per heavy atom. The van der Waals surface area contributed by atoms with Gasteiger partial charge in [-0.15, -0.1) is 0 Å². The maximum Gasteiger partial charge on any atom is -0.00107 e. The second-order valence-electron chi connectivity index (χ2n) is 16.6. The predicted molar refractivity (Wildman–Crippen MR) is 347 cm³/mol. The molecule has 4 aliphatic carbocycles. The zero-order valence-electron chi connectivity index (χ0n) is 51.8. The third-order valence-electron chi connectivity index (χ3n) is 13.2. The molecule has 0 heterocycles. The van der Waals surface area contributed by atoms with E-state index in [1.165, 1.54) is 106 Å². The van der Waals surface area contributed by atoms with E-state index in [9.17, 15) is 0 Å². The number of fused-ring (bicyclic) bond motifs is 12. The quantitative estimate of drug-likeness (QED) is 0.165. The van der Waals surface area contributed by atoms with Crippen LogP contribution in [0.3, 0.4) is 0 Å². The molecule has 8 aromatic carbocycles. The molecule has 4 aliphatic rings. The van der Waals surface area contributed by atoms with E-state index in [1.54, 1.807) is 5.56 Å². The van der Waals surface area contributed by atoms with Crippen LogP contribution in [0.4, 0.5) is 0 Å². The fourth-order valence-electron chi connectivity index (χ4n) is 9.93. The largest absolute Gasteiger partial charge is 0.0683 e. The molecule has 0 bridgehead atoms. The number of rotatable bonds is 4. The predicted octanol–water partition coefficient (Wildman–Crippen LogP) is 23.5. The molecule has 408 valence electrons. The van der Waals surface area contributed by atoms with Crippen molar-refractivity contribution in [2.75, 3.05) is 0 Å². The van der Waals surface area contributed by atoms with Crippen molar-refractivity contribution in [1.82, 2.24) is 0 Å². The standard InChI is InChI=1S/4C15H14.8C2H6/c1-2-11-7-5-8-13-10-12-6-3-4-9-14(12)15(11)13;1-2-11-7-5-9-14-13-8-4-3-6-12(13)10-15(11)14;1-2-11-7-8-15-13(9-11)10-12-5-3-4-6-14(12)15;1-2-11-7-8-13-10-12-5-3-4-6-14(12)15(13)9-11;8*1-2/h4*3-9H,2,10H2,1H3;8*1-2H3. The lowest BCUT2D eigenvalue weighted by atomic mass is 9.98. The normalized spacial score (nSPS) is 10.4. The van der Waals surface area contributed by atoms with Crippen molar-refractivity contribution in [3.8, 4) is 44.5 Å². The van der Waals surface area contributed by atoms with Crippen LogP contribution in [-0.2, 0) is 51.4 Å². The number of hydrogen-bond donors (Lipinski definition) is 0. The molecule has 0 nitrogen and oxygen atoms in total. The van der Waals surface area contributed by atoms with Crippen molar-refractivity contribution in [1.29, 1.82) is 0 Å². The number of hydrogen-bond acceptors (Lipinski definition) is 0. The minimum atomic E-state index is 1.11. The van der Waals surface area contributed by atoms with Crippen molar-refractivity contribution in [3.05, 3.63) is 237 Å².